The maximum atomic E-state index is 12.2. The summed E-state index contributed by atoms with van der Waals surface area (Å²) in [6.07, 6.45) is -0.878. The molecule has 88 valence electrons. The summed E-state index contributed by atoms with van der Waals surface area (Å²) in [7, 11) is 0. The molecule has 0 amide bonds. The molecule has 2 aromatic rings. The number of nitrogens with one attached hydrogen (secondary N) is 1. The van der Waals surface area contributed by atoms with E-state index in [1.807, 2.05) is 31.2 Å². The van der Waals surface area contributed by atoms with Crippen molar-refractivity contribution in [2.24, 2.45) is 5.92 Å². The van der Waals surface area contributed by atoms with Crippen molar-refractivity contribution in [1.82, 2.24) is 4.98 Å². The average Bonchev–Trinajstić information content (AvgIpc) is 2.73. The summed E-state index contributed by atoms with van der Waals surface area (Å²) in [6.45, 7) is 3.97. The number of hydrogen-bond donors (Lipinski definition) is 2. The van der Waals surface area contributed by atoms with Crippen molar-refractivity contribution >= 4 is 16.7 Å². The van der Waals surface area contributed by atoms with Crippen LogP contribution >= 0.6 is 0 Å². The summed E-state index contributed by atoms with van der Waals surface area (Å²) in [5, 5.41) is 10.9. The molecule has 3 unspecified atom stereocenters. The van der Waals surface area contributed by atoms with Crippen LogP contribution in [0.2, 0.25) is 0 Å². The van der Waals surface area contributed by atoms with Crippen molar-refractivity contribution in [3.8, 4) is 0 Å². The van der Waals surface area contributed by atoms with Gasteiger partial charge in [0.25, 0.3) is 0 Å². The monoisotopic (exact) mass is 229 g/mol. The third kappa shape index (κ3) is 1.29. The highest BCUT2D eigenvalue weighted by Gasteiger charge is 2.38. The first-order valence-electron chi connectivity index (χ1n) is 5.94. The van der Waals surface area contributed by atoms with Crippen LogP contribution in [0.4, 0.5) is 0 Å². The Balaban J connectivity index is 2.34. The molecule has 0 aliphatic heterocycles. The Kier molecular flexibility index (Phi) is 2.13. The van der Waals surface area contributed by atoms with Crippen LogP contribution < -0.4 is 0 Å². The number of carbonyl (C=O) groups excluding carboxylic acids is 1. The summed E-state index contributed by atoms with van der Waals surface area (Å²) in [5.41, 5.74) is 2.62. The molecule has 0 saturated heterocycles. The summed E-state index contributed by atoms with van der Waals surface area (Å²) in [4.78, 5) is 15.5. The van der Waals surface area contributed by atoms with Crippen LogP contribution in [-0.4, -0.2) is 22.0 Å². The number of aliphatic hydroxyl groups is 1. The Hall–Kier alpha value is -1.61. The Morgan fingerprint density at radius 3 is 2.71 bits per heavy atom. The van der Waals surface area contributed by atoms with Crippen LogP contribution in [-0.2, 0) is 0 Å². The van der Waals surface area contributed by atoms with Crippen molar-refractivity contribution in [1.29, 1.82) is 0 Å². The molecule has 3 heteroatoms. The first-order valence-corrected chi connectivity index (χ1v) is 5.94. The number of ketones is 1. The SMILES string of the molecule is CC1c2[nH]c3ccccc3c2C(=O)C(O)C1C. The van der Waals surface area contributed by atoms with Crippen LogP contribution in [0.3, 0.4) is 0 Å². The van der Waals surface area contributed by atoms with Crippen molar-refractivity contribution in [2.45, 2.75) is 25.9 Å². The van der Waals surface area contributed by atoms with Gasteiger partial charge in [-0.1, -0.05) is 32.0 Å². The average molecular weight is 229 g/mol. The van der Waals surface area contributed by atoms with Gasteiger partial charge in [-0.05, 0) is 12.0 Å². The topological polar surface area (TPSA) is 53.1 Å². The van der Waals surface area contributed by atoms with Crippen molar-refractivity contribution in [2.75, 3.05) is 0 Å². The van der Waals surface area contributed by atoms with Crippen molar-refractivity contribution in [3.05, 3.63) is 35.5 Å². The van der Waals surface area contributed by atoms with Gasteiger partial charge in [0.2, 0.25) is 0 Å². The predicted octanol–water partition coefficient (Wildman–Crippen LogP) is 2.46. The van der Waals surface area contributed by atoms with E-state index < -0.39 is 6.10 Å². The van der Waals surface area contributed by atoms with Crippen molar-refractivity contribution in [3.63, 3.8) is 0 Å². The highest BCUT2D eigenvalue weighted by molar-refractivity contribution is 6.12. The molecular formula is C14H15NO2. The number of H-pyrrole nitrogens is 1. The van der Waals surface area contributed by atoms with Crippen LogP contribution in [0.25, 0.3) is 10.9 Å². The molecule has 3 atom stereocenters. The maximum absolute atomic E-state index is 12.2. The molecule has 0 saturated carbocycles. The first kappa shape index (κ1) is 10.5. The predicted molar refractivity (Wildman–Crippen MR) is 66.2 cm³/mol. The van der Waals surface area contributed by atoms with Gasteiger partial charge >= 0.3 is 0 Å². The molecule has 3 rings (SSSR count). The van der Waals surface area contributed by atoms with E-state index in [0.717, 1.165) is 16.6 Å². The fraction of sp³-hybridized carbons (Fsp3) is 0.357. The van der Waals surface area contributed by atoms with E-state index in [1.54, 1.807) is 0 Å². The fourth-order valence-corrected chi connectivity index (χ4v) is 2.69. The number of benzene rings is 1. The number of para-hydroxylation sites is 1. The van der Waals surface area contributed by atoms with Gasteiger partial charge in [-0.3, -0.25) is 4.79 Å². The van der Waals surface area contributed by atoms with Gasteiger partial charge in [0, 0.05) is 28.1 Å². The van der Waals surface area contributed by atoms with E-state index in [0.29, 0.717) is 5.56 Å². The fourth-order valence-electron chi connectivity index (χ4n) is 2.69. The summed E-state index contributed by atoms with van der Waals surface area (Å²) >= 11 is 0. The third-order valence-electron chi connectivity index (χ3n) is 3.99. The van der Waals surface area contributed by atoms with Gasteiger partial charge in [0.05, 0.1) is 0 Å². The highest BCUT2D eigenvalue weighted by atomic mass is 16.3. The van der Waals surface area contributed by atoms with Gasteiger partial charge in [0.1, 0.15) is 6.10 Å². The number of aromatic amines is 1. The zero-order valence-corrected chi connectivity index (χ0v) is 9.90. The molecule has 1 aliphatic carbocycles. The van der Waals surface area contributed by atoms with Crippen molar-refractivity contribution < 1.29 is 9.90 Å². The molecule has 17 heavy (non-hydrogen) atoms. The van der Waals surface area contributed by atoms with Crippen LogP contribution in [0.15, 0.2) is 24.3 Å². The zero-order chi connectivity index (χ0) is 12.2. The lowest BCUT2D eigenvalue weighted by molar-refractivity contribution is 0.0556. The van der Waals surface area contributed by atoms with E-state index in [9.17, 15) is 9.90 Å². The van der Waals surface area contributed by atoms with Gasteiger partial charge in [-0.2, -0.15) is 0 Å². The lowest BCUT2D eigenvalue weighted by atomic mass is 9.77. The number of carbonyl (C=O) groups is 1. The molecule has 0 fully saturated rings. The molecule has 1 aliphatic rings. The number of aliphatic hydroxyl groups excluding tert-OH is 1. The number of Topliss-reactive ketones (excluding diaryl/α,β-unsaturated/α-hetero) is 1. The molecule has 3 nitrogen and oxygen atoms in total. The van der Waals surface area contributed by atoms with Gasteiger partial charge in [0.15, 0.2) is 5.78 Å². The Morgan fingerprint density at radius 1 is 1.24 bits per heavy atom. The minimum Gasteiger partial charge on any atom is -0.385 e. The number of fused-ring (bicyclic) bond motifs is 3. The Morgan fingerprint density at radius 2 is 1.94 bits per heavy atom. The molecule has 1 aromatic carbocycles. The van der Waals surface area contributed by atoms with Gasteiger partial charge in [-0.25, -0.2) is 0 Å². The molecule has 1 aromatic heterocycles. The van der Waals surface area contributed by atoms with E-state index in [2.05, 4.69) is 11.9 Å². The highest BCUT2D eigenvalue weighted by Crippen LogP contribution is 2.38. The van der Waals surface area contributed by atoms with E-state index >= 15 is 0 Å². The lowest BCUT2D eigenvalue weighted by Crippen LogP contribution is -2.36. The van der Waals surface area contributed by atoms with Gasteiger partial charge < -0.3 is 10.1 Å². The number of hydrogen-bond acceptors (Lipinski definition) is 2. The first-order chi connectivity index (χ1) is 8.11. The summed E-state index contributed by atoms with van der Waals surface area (Å²) < 4.78 is 0. The third-order valence-corrected chi connectivity index (χ3v) is 3.99. The molecule has 0 spiro atoms. The number of aromatic nitrogens is 1. The maximum Gasteiger partial charge on any atom is 0.193 e. The Labute approximate surface area is 99.5 Å². The minimum absolute atomic E-state index is 0.0388. The second kappa shape index (κ2) is 3.44. The molecular weight excluding hydrogens is 214 g/mol. The molecule has 0 radical (unpaired) electrons. The standard InChI is InChI=1S/C14H15NO2/c1-7-8(2)13(16)14(17)11-9-5-3-4-6-10(9)15-12(7)11/h3-8,13,15-16H,1-2H3. The zero-order valence-electron chi connectivity index (χ0n) is 9.90. The second-order valence-electron chi connectivity index (χ2n) is 4.92. The lowest BCUT2D eigenvalue weighted by Gasteiger charge is -2.29. The van der Waals surface area contributed by atoms with E-state index in [-0.39, 0.29) is 17.6 Å². The smallest absolute Gasteiger partial charge is 0.193 e. The summed E-state index contributed by atoms with van der Waals surface area (Å²) in [6, 6.07) is 7.75. The quantitative estimate of drug-likeness (QED) is 0.729. The van der Waals surface area contributed by atoms with Crippen LogP contribution in [0, 0.1) is 5.92 Å². The van der Waals surface area contributed by atoms with E-state index in [1.165, 1.54) is 0 Å². The molecule has 1 heterocycles. The molecule has 0 bridgehead atoms. The minimum atomic E-state index is -0.878. The normalized spacial score (nSPS) is 28.4. The van der Waals surface area contributed by atoms with Crippen LogP contribution in [0.5, 0.6) is 0 Å². The molecule has 2 N–H and O–H groups in total. The second-order valence-corrected chi connectivity index (χ2v) is 4.92. The van der Waals surface area contributed by atoms with Crippen LogP contribution in [0.1, 0.15) is 35.8 Å². The summed E-state index contributed by atoms with van der Waals surface area (Å²) in [5.74, 6) is -0.0174. The van der Waals surface area contributed by atoms with Gasteiger partial charge in [-0.15, -0.1) is 0 Å². The number of rotatable bonds is 0. The Bertz CT molecular complexity index is 599. The largest absolute Gasteiger partial charge is 0.385 e. The van der Waals surface area contributed by atoms with E-state index in [4.69, 9.17) is 0 Å².